The first-order valence-corrected chi connectivity index (χ1v) is 10.7. The SMILES string of the molecule is O=c1c2ccccc2nc(SCc2csc(-c3ccccn3)n2)n1CCCO. The minimum absolute atomic E-state index is 0.0307. The lowest BCUT2D eigenvalue weighted by Gasteiger charge is -2.12. The van der Waals surface area contributed by atoms with Gasteiger partial charge in [-0.3, -0.25) is 14.3 Å². The number of rotatable bonds is 7. The van der Waals surface area contributed by atoms with Crippen LogP contribution < -0.4 is 5.56 Å². The minimum Gasteiger partial charge on any atom is -0.396 e. The second-order valence-corrected chi connectivity index (χ2v) is 7.89. The summed E-state index contributed by atoms with van der Waals surface area (Å²) in [6.07, 6.45) is 2.26. The zero-order valence-corrected chi connectivity index (χ0v) is 16.6. The van der Waals surface area contributed by atoms with Crippen molar-refractivity contribution in [3.05, 3.63) is 70.1 Å². The van der Waals surface area contributed by atoms with Gasteiger partial charge < -0.3 is 5.11 Å². The van der Waals surface area contributed by atoms with E-state index < -0.39 is 0 Å². The molecule has 0 unspecified atom stereocenters. The predicted molar refractivity (Wildman–Crippen MR) is 113 cm³/mol. The summed E-state index contributed by atoms with van der Waals surface area (Å²) in [6, 6.07) is 13.1. The third-order valence-electron chi connectivity index (χ3n) is 4.15. The lowest BCUT2D eigenvalue weighted by Crippen LogP contribution is -2.24. The minimum atomic E-state index is -0.0750. The highest BCUT2D eigenvalue weighted by Crippen LogP contribution is 2.26. The van der Waals surface area contributed by atoms with E-state index in [-0.39, 0.29) is 12.2 Å². The number of para-hydroxylation sites is 1. The molecule has 1 aromatic carbocycles. The normalized spacial score (nSPS) is 11.2. The van der Waals surface area contributed by atoms with Gasteiger partial charge in [0, 0.05) is 30.5 Å². The van der Waals surface area contributed by atoms with Crippen molar-refractivity contribution in [2.24, 2.45) is 0 Å². The van der Waals surface area contributed by atoms with Crippen molar-refractivity contribution in [2.75, 3.05) is 6.61 Å². The molecule has 8 heteroatoms. The maximum atomic E-state index is 12.9. The summed E-state index contributed by atoms with van der Waals surface area (Å²) in [7, 11) is 0. The average Bonchev–Trinajstić information content (AvgIpc) is 3.21. The standard InChI is InChI=1S/C20H18N4O2S2/c25-11-5-10-24-19(26)15-6-1-2-7-16(15)23-20(24)28-13-14-12-27-18(22-14)17-8-3-4-9-21-17/h1-4,6-9,12,25H,5,10-11,13H2. The summed E-state index contributed by atoms with van der Waals surface area (Å²) in [6.45, 7) is 0.467. The Labute approximate surface area is 169 Å². The third kappa shape index (κ3) is 3.99. The Hall–Kier alpha value is -2.55. The van der Waals surface area contributed by atoms with E-state index >= 15 is 0 Å². The van der Waals surface area contributed by atoms with Gasteiger partial charge in [0.1, 0.15) is 5.01 Å². The lowest BCUT2D eigenvalue weighted by atomic mass is 10.2. The number of pyridine rings is 1. The number of aromatic nitrogens is 4. The molecule has 3 aromatic heterocycles. The number of nitrogens with zero attached hydrogens (tertiary/aromatic N) is 4. The van der Waals surface area contributed by atoms with Crippen molar-refractivity contribution in [3.63, 3.8) is 0 Å². The lowest BCUT2D eigenvalue weighted by molar-refractivity contribution is 0.276. The van der Waals surface area contributed by atoms with Gasteiger partial charge in [0.05, 0.1) is 22.3 Å². The summed E-state index contributed by atoms with van der Waals surface area (Å²) in [4.78, 5) is 26.5. The molecular weight excluding hydrogens is 392 g/mol. The summed E-state index contributed by atoms with van der Waals surface area (Å²) in [5, 5.41) is 13.3. The van der Waals surface area contributed by atoms with E-state index in [1.54, 1.807) is 28.2 Å². The van der Waals surface area contributed by atoms with Crippen molar-refractivity contribution >= 4 is 34.0 Å². The molecule has 0 saturated carbocycles. The van der Waals surface area contributed by atoms with Crippen molar-refractivity contribution in [2.45, 2.75) is 23.9 Å². The second-order valence-electron chi connectivity index (χ2n) is 6.09. The molecule has 0 spiro atoms. The Bertz CT molecular complexity index is 1140. The van der Waals surface area contributed by atoms with E-state index in [1.165, 1.54) is 11.8 Å². The van der Waals surface area contributed by atoms with E-state index in [1.807, 2.05) is 41.8 Å². The fourth-order valence-electron chi connectivity index (χ4n) is 2.80. The largest absolute Gasteiger partial charge is 0.396 e. The van der Waals surface area contributed by atoms with Crippen LogP contribution in [0.5, 0.6) is 0 Å². The molecule has 0 aliphatic heterocycles. The quantitative estimate of drug-likeness (QED) is 0.370. The molecule has 1 N–H and O–H groups in total. The number of hydrogen-bond acceptors (Lipinski definition) is 7. The molecule has 0 radical (unpaired) electrons. The van der Waals surface area contributed by atoms with Crippen LogP contribution in [0.2, 0.25) is 0 Å². The van der Waals surface area contributed by atoms with Crippen LogP contribution in [0.1, 0.15) is 12.1 Å². The van der Waals surface area contributed by atoms with Crippen molar-refractivity contribution in [1.82, 2.24) is 19.5 Å². The Morgan fingerprint density at radius 2 is 1.96 bits per heavy atom. The van der Waals surface area contributed by atoms with Gasteiger partial charge in [-0.1, -0.05) is 30.0 Å². The van der Waals surface area contributed by atoms with Crippen LogP contribution in [0.3, 0.4) is 0 Å². The van der Waals surface area contributed by atoms with Gasteiger partial charge in [-0.05, 0) is 30.7 Å². The van der Waals surface area contributed by atoms with Crippen molar-refractivity contribution in [3.8, 4) is 10.7 Å². The Balaban J connectivity index is 1.60. The number of thioether (sulfide) groups is 1. The van der Waals surface area contributed by atoms with Crippen molar-refractivity contribution < 1.29 is 5.11 Å². The summed E-state index contributed by atoms with van der Waals surface area (Å²) >= 11 is 3.03. The summed E-state index contributed by atoms with van der Waals surface area (Å²) in [5.74, 6) is 0.604. The van der Waals surface area contributed by atoms with Gasteiger partial charge in [-0.15, -0.1) is 11.3 Å². The van der Waals surface area contributed by atoms with Crippen LogP contribution in [0, 0.1) is 0 Å². The van der Waals surface area contributed by atoms with E-state index in [9.17, 15) is 9.90 Å². The number of aliphatic hydroxyl groups excluding tert-OH is 1. The number of hydrogen-bond donors (Lipinski definition) is 1. The fraction of sp³-hybridized carbons (Fsp3) is 0.200. The molecule has 6 nitrogen and oxygen atoms in total. The molecule has 0 aliphatic carbocycles. The van der Waals surface area contributed by atoms with Gasteiger partial charge >= 0.3 is 0 Å². The number of aliphatic hydroxyl groups is 1. The first-order chi connectivity index (χ1) is 13.8. The van der Waals surface area contributed by atoms with Gasteiger partial charge in [0.2, 0.25) is 0 Å². The topological polar surface area (TPSA) is 80.9 Å². The molecule has 0 atom stereocenters. The number of fused-ring (bicyclic) bond motifs is 1. The molecular formula is C20H18N4O2S2. The van der Waals surface area contributed by atoms with Crippen molar-refractivity contribution in [1.29, 1.82) is 0 Å². The Morgan fingerprint density at radius 3 is 2.79 bits per heavy atom. The molecule has 28 heavy (non-hydrogen) atoms. The van der Waals surface area contributed by atoms with Crippen LogP contribution in [-0.4, -0.2) is 31.2 Å². The Kier molecular flexibility index (Phi) is 5.80. The van der Waals surface area contributed by atoms with Gasteiger partial charge in [0.25, 0.3) is 5.56 Å². The second kappa shape index (κ2) is 8.64. The van der Waals surface area contributed by atoms with Crippen LogP contribution >= 0.6 is 23.1 Å². The summed E-state index contributed by atoms with van der Waals surface area (Å²) < 4.78 is 1.65. The summed E-state index contributed by atoms with van der Waals surface area (Å²) in [5.41, 5.74) is 2.39. The van der Waals surface area contributed by atoms with Gasteiger partial charge in [-0.2, -0.15) is 0 Å². The zero-order chi connectivity index (χ0) is 19.3. The number of benzene rings is 1. The predicted octanol–water partition coefficient (Wildman–Crippen LogP) is 3.59. The highest BCUT2D eigenvalue weighted by atomic mass is 32.2. The smallest absolute Gasteiger partial charge is 0.262 e. The van der Waals surface area contributed by atoms with E-state index in [0.717, 1.165) is 16.4 Å². The molecule has 0 aliphatic rings. The van der Waals surface area contributed by atoms with E-state index in [0.29, 0.717) is 34.8 Å². The molecule has 0 fully saturated rings. The molecule has 0 bridgehead atoms. The molecule has 0 amide bonds. The zero-order valence-electron chi connectivity index (χ0n) is 15.0. The van der Waals surface area contributed by atoms with Crippen LogP contribution in [0.15, 0.2) is 64.0 Å². The maximum Gasteiger partial charge on any atom is 0.262 e. The number of thiazole rings is 1. The van der Waals surface area contributed by atoms with Gasteiger partial charge in [0.15, 0.2) is 5.16 Å². The van der Waals surface area contributed by atoms with Crippen LogP contribution in [-0.2, 0) is 12.3 Å². The molecule has 142 valence electrons. The van der Waals surface area contributed by atoms with E-state index in [2.05, 4.69) is 15.0 Å². The van der Waals surface area contributed by atoms with Gasteiger partial charge in [-0.25, -0.2) is 9.97 Å². The first-order valence-electron chi connectivity index (χ1n) is 8.85. The van der Waals surface area contributed by atoms with Crippen LogP contribution in [0.25, 0.3) is 21.6 Å². The molecule has 4 rings (SSSR count). The molecule has 3 heterocycles. The third-order valence-corrected chi connectivity index (χ3v) is 6.07. The molecule has 0 saturated heterocycles. The first kappa shape index (κ1) is 18.8. The molecule has 4 aromatic rings. The van der Waals surface area contributed by atoms with E-state index in [4.69, 9.17) is 0 Å². The average molecular weight is 411 g/mol. The highest BCUT2D eigenvalue weighted by Gasteiger charge is 2.13. The highest BCUT2D eigenvalue weighted by molar-refractivity contribution is 7.98. The maximum absolute atomic E-state index is 12.9. The Morgan fingerprint density at radius 1 is 1.11 bits per heavy atom. The fourth-order valence-corrected chi connectivity index (χ4v) is 4.62. The van der Waals surface area contributed by atoms with Crippen LogP contribution in [0.4, 0.5) is 0 Å². The monoisotopic (exact) mass is 410 g/mol.